The molecule has 3 aromatic rings. The van der Waals surface area contributed by atoms with Crippen LogP contribution in [0.15, 0.2) is 60.7 Å². The van der Waals surface area contributed by atoms with Gasteiger partial charge in [-0.25, -0.2) is 14.4 Å². The normalized spacial score (nSPS) is 11.7. The third kappa shape index (κ3) is 5.10. The first-order valence-electron chi connectivity index (χ1n) is 8.71. The van der Waals surface area contributed by atoms with E-state index in [1.807, 2.05) is 44.2 Å². The van der Waals surface area contributed by atoms with Gasteiger partial charge in [0.1, 0.15) is 11.5 Å². The highest BCUT2D eigenvalue weighted by Crippen LogP contribution is 2.17. The quantitative estimate of drug-likeness (QED) is 0.693. The number of benzene rings is 2. The molecule has 0 radical (unpaired) electrons. The van der Waals surface area contributed by atoms with Crippen LogP contribution in [0.4, 0.5) is 10.3 Å². The first kappa shape index (κ1) is 18.5. The Morgan fingerprint density at radius 3 is 2.48 bits per heavy atom. The van der Waals surface area contributed by atoms with Gasteiger partial charge in [-0.15, -0.1) is 0 Å². The molecule has 2 aromatic carbocycles. The average Bonchev–Trinajstić information content (AvgIpc) is 2.67. The lowest BCUT2D eigenvalue weighted by molar-refractivity contribution is 0.0945. The van der Waals surface area contributed by atoms with Crippen LogP contribution in [0.1, 0.15) is 40.3 Å². The fourth-order valence-electron chi connectivity index (χ4n) is 2.64. The Kier molecular flexibility index (Phi) is 5.76. The number of aryl methyl sites for hydroxylation is 1. The lowest BCUT2D eigenvalue weighted by Crippen LogP contribution is -2.24. The van der Waals surface area contributed by atoms with E-state index >= 15 is 0 Å². The molecule has 0 aliphatic heterocycles. The van der Waals surface area contributed by atoms with Crippen LogP contribution in [0.25, 0.3) is 0 Å². The van der Waals surface area contributed by atoms with Crippen LogP contribution in [-0.4, -0.2) is 15.9 Å². The van der Waals surface area contributed by atoms with Crippen LogP contribution in [0.3, 0.4) is 0 Å². The summed E-state index contributed by atoms with van der Waals surface area (Å²) in [6.45, 7) is 4.12. The molecule has 138 valence electrons. The summed E-state index contributed by atoms with van der Waals surface area (Å²) in [7, 11) is 0. The highest BCUT2D eigenvalue weighted by Gasteiger charge is 2.12. The Morgan fingerprint density at radius 2 is 1.78 bits per heavy atom. The molecule has 0 saturated carbocycles. The number of amides is 1. The largest absolute Gasteiger partial charge is 0.348 e. The van der Waals surface area contributed by atoms with Crippen molar-refractivity contribution in [1.29, 1.82) is 0 Å². The number of hydrogen-bond acceptors (Lipinski definition) is 4. The second kappa shape index (κ2) is 8.40. The fourth-order valence-corrected chi connectivity index (χ4v) is 2.64. The summed E-state index contributed by atoms with van der Waals surface area (Å²) in [6.07, 6.45) is 0. The summed E-state index contributed by atoms with van der Waals surface area (Å²) in [6, 6.07) is 17.6. The van der Waals surface area contributed by atoms with E-state index in [-0.39, 0.29) is 23.5 Å². The first-order valence-corrected chi connectivity index (χ1v) is 8.71. The van der Waals surface area contributed by atoms with Crippen LogP contribution in [0, 0.1) is 12.7 Å². The zero-order chi connectivity index (χ0) is 19.2. The third-order valence-corrected chi connectivity index (χ3v) is 4.10. The predicted octanol–water partition coefficient (Wildman–Crippen LogP) is 4.03. The van der Waals surface area contributed by atoms with Crippen LogP contribution in [0.5, 0.6) is 0 Å². The number of halogens is 1. The highest BCUT2D eigenvalue weighted by molar-refractivity contribution is 5.92. The fraction of sp³-hybridized carbons (Fsp3) is 0.190. The van der Waals surface area contributed by atoms with E-state index in [2.05, 4.69) is 20.6 Å². The Morgan fingerprint density at radius 1 is 1.07 bits per heavy atom. The summed E-state index contributed by atoms with van der Waals surface area (Å²) >= 11 is 0. The lowest BCUT2D eigenvalue weighted by atomic mass is 10.1. The predicted molar refractivity (Wildman–Crippen MR) is 103 cm³/mol. The molecule has 1 heterocycles. The lowest BCUT2D eigenvalue weighted by Gasteiger charge is -2.15. The van der Waals surface area contributed by atoms with Crippen molar-refractivity contribution in [2.75, 3.05) is 5.32 Å². The molecule has 5 nitrogen and oxygen atoms in total. The topological polar surface area (TPSA) is 66.9 Å². The third-order valence-electron chi connectivity index (χ3n) is 4.10. The van der Waals surface area contributed by atoms with Crippen molar-refractivity contribution >= 4 is 11.9 Å². The van der Waals surface area contributed by atoms with Gasteiger partial charge in [0.15, 0.2) is 0 Å². The second-order valence-electron chi connectivity index (χ2n) is 6.30. The molecule has 3 rings (SSSR count). The van der Waals surface area contributed by atoms with E-state index in [4.69, 9.17) is 0 Å². The molecule has 0 bridgehead atoms. The van der Waals surface area contributed by atoms with Gasteiger partial charge in [0, 0.05) is 12.2 Å². The molecule has 0 saturated heterocycles. The summed E-state index contributed by atoms with van der Waals surface area (Å²) in [4.78, 5) is 21.1. The molecule has 1 atom stereocenters. The second-order valence-corrected chi connectivity index (χ2v) is 6.30. The zero-order valence-electron chi connectivity index (χ0n) is 15.2. The summed E-state index contributed by atoms with van der Waals surface area (Å²) in [5, 5.41) is 6.03. The van der Waals surface area contributed by atoms with Crippen molar-refractivity contribution in [1.82, 2.24) is 15.3 Å². The Labute approximate surface area is 157 Å². The standard InChI is InChI=1S/C21H21FN4O/c1-14-12-19(20(27)23-13-16-8-10-18(22)11-9-16)26-21(24-14)25-15(2)17-6-4-3-5-7-17/h3-12,15H,13H2,1-2H3,(H,23,27)(H,24,25,26). The van der Waals surface area contributed by atoms with Gasteiger partial charge >= 0.3 is 0 Å². The molecule has 1 aromatic heterocycles. The zero-order valence-corrected chi connectivity index (χ0v) is 15.2. The van der Waals surface area contributed by atoms with Gasteiger partial charge < -0.3 is 10.6 Å². The smallest absolute Gasteiger partial charge is 0.270 e. The monoisotopic (exact) mass is 364 g/mol. The Hall–Kier alpha value is -3.28. The molecular formula is C21H21FN4O. The van der Waals surface area contributed by atoms with Gasteiger partial charge in [-0.2, -0.15) is 0 Å². The van der Waals surface area contributed by atoms with Crippen LogP contribution in [0.2, 0.25) is 0 Å². The van der Waals surface area contributed by atoms with E-state index in [0.29, 0.717) is 18.2 Å². The van der Waals surface area contributed by atoms with E-state index in [0.717, 1.165) is 11.1 Å². The van der Waals surface area contributed by atoms with Gasteiger partial charge in [0.2, 0.25) is 5.95 Å². The maximum Gasteiger partial charge on any atom is 0.270 e. The summed E-state index contributed by atoms with van der Waals surface area (Å²) < 4.78 is 13.0. The number of anilines is 1. The molecule has 1 amide bonds. The number of rotatable bonds is 6. The number of nitrogens with zero attached hydrogens (tertiary/aromatic N) is 2. The number of nitrogens with one attached hydrogen (secondary N) is 2. The molecule has 0 aliphatic carbocycles. The number of hydrogen-bond donors (Lipinski definition) is 2. The summed E-state index contributed by atoms with van der Waals surface area (Å²) in [5.74, 6) is -0.210. The van der Waals surface area contributed by atoms with Crippen molar-refractivity contribution in [2.24, 2.45) is 0 Å². The first-order chi connectivity index (χ1) is 13.0. The Balaban J connectivity index is 1.68. The molecule has 27 heavy (non-hydrogen) atoms. The highest BCUT2D eigenvalue weighted by atomic mass is 19.1. The SMILES string of the molecule is Cc1cc(C(=O)NCc2ccc(F)cc2)nc(NC(C)c2ccccc2)n1. The molecule has 1 unspecified atom stereocenters. The van der Waals surface area contributed by atoms with Gasteiger partial charge in [-0.1, -0.05) is 42.5 Å². The van der Waals surface area contributed by atoms with Crippen molar-refractivity contribution in [3.8, 4) is 0 Å². The van der Waals surface area contributed by atoms with Crippen molar-refractivity contribution in [3.05, 3.63) is 89.0 Å². The molecule has 2 N–H and O–H groups in total. The molecule has 0 aliphatic rings. The van der Waals surface area contributed by atoms with Crippen LogP contribution < -0.4 is 10.6 Å². The van der Waals surface area contributed by atoms with E-state index in [1.54, 1.807) is 18.2 Å². The minimum Gasteiger partial charge on any atom is -0.348 e. The maximum atomic E-state index is 13.0. The molecule has 0 spiro atoms. The van der Waals surface area contributed by atoms with Crippen molar-refractivity contribution < 1.29 is 9.18 Å². The molecular weight excluding hydrogens is 343 g/mol. The minimum absolute atomic E-state index is 0.00289. The Bertz CT molecular complexity index is 913. The minimum atomic E-state index is -0.306. The van der Waals surface area contributed by atoms with Gasteiger partial charge in [0.25, 0.3) is 5.91 Å². The number of carbonyl (C=O) groups excluding carboxylic acids is 1. The van der Waals surface area contributed by atoms with Gasteiger partial charge in [-0.05, 0) is 43.2 Å². The summed E-state index contributed by atoms with van der Waals surface area (Å²) in [5.41, 5.74) is 2.89. The van der Waals surface area contributed by atoms with E-state index < -0.39 is 0 Å². The number of carbonyl (C=O) groups is 1. The van der Waals surface area contributed by atoms with Crippen molar-refractivity contribution in [2.45, 2.75) is 26.4 Å². The molecule has 6 heteroatoms. The van der Waals surface area contributed by atoms with Crippen LogP contribution in [-0.2, 0) is 6.54 Å². The van der Waals surface area contributed by atoms with Crippen molar-refractivity contribution in [3.63, 3.8) is 0 Å². The van der Waals surface area contributed by atoms with E-state index in [1.165, 1.54) is 12.1 Å². The molecule has 0 fully saturated rings. The van der Waals surface area contributed by atoms with E-state index in [9.17, 15) is 9.18 Å². The number of aromatic nitrogens is 2. The van der Waals surface area contributed by atoms with Gasteiger partial charge in [0.05, 0.1) is 6.04 Å². The van der Waals surface area contributed by atoms with Gasteiger partial charge in [-0.3, -0.25) is 4.79 Å². The maximum absolute atomic E-state index is 13.0. The van der Waals surface area contributed by atoms with Crippen LogP contribution >= 0.6 is 0 Å². The average molecular weight is 364 g/mol.